The molecular formula is C19H23ClN4O2. The van der Waals surface area contributed by atoms with Crippen molar-refractivity contribution in [1.29, 1.82) is 0 Å². The Balaban J connectivity index is 1.60. The number of carbonyl (C=O) groups excluding carboxylic acids is 2. The lowest BCUT2D eigenvalue weighted by atomic mass is 10.1. The molecule has 6 nitrogen and oxygen atoms in total. The summed E-state index contributed by atoms with van der Waals surface area (Å²) in [5.74, 6) is -0.0765. The number of halogens is 1. The fourth-order valence-corrected chi connectivity index (χ4v) is 3.56. The van der Waals surface area contributed by atoms with Crippen LogP contribution in [-0.4, -0.2) is 46.1 Å². The topological polar surface area (TPSA) is 58.4 Å². The van der Waals surface area contributed by atoms with E-state index in [0.717, 1.165) is 22.6 Å². The van der Waals surface area contributed by atoms with Gasteiger partial charge in [0.1, 0.15) is 6.54 Å². The second-order valence-corrected chi connectivity index (χ2v) is 7.05. The van der Waals surface area contributed by atoms with Gasteiger partial charge in [-0.25, -0.2) is 0 Å². The summed E-state index contributed by atoms with van der Waals surface area (Å²) in [6.45, 7) is 5.08. The van der Waals surface area contributed by atoms with Crippen LogP contribution >= 0.6 is 11.6 Å². The summed E-state index contributed by atoms with van der Waals surface area (Å²) in [7, 11) is 1.90. The third kappa shape index (κ3) is 3.75. The van der Waals surface area contributed by atoms with Crippen molar-refractivity contribution in [2.24, 2.45) is 7.05 Å². The Kier molecular flexibility index (Phi) is 5.32. The zero-order valence-electron chi connectivity index (χ0n) is 15.3. The van der Waals surface area contributed by atoms with Crippen LogP contribution in [0.4, 0.5) is 5.69 Å². The van der Waals surface area contributed by atoms with E-state index in [2.05, 4.69) is 5.10 Å². The van der Waals surface area contributed by atoms with E-state index in [9.17, 15) is 9.59 Å². The number of carbonyl (C=O) groups is 2. The van der Waals surface area contributed by atoms with Crippen molar-refractivity contribution in [3.63, 3.8) is 0 Å². The maximum atomic E-state index is 12.6. The van der Waals surface area contributed by atoms with Crippen LogP contribution in [0.3, 0.4) is 0 Å². The summed E-state index contributed by atoms with van der Waals surface area (Å²) < 4.78 is 1.84. The molecule has 0 atom stereocenters. The van der Waals surface area contributed by atoms with Gasteiger partial charge in [0.05, 0.1) is 5.69 Å². The molecule has 0 radical (unpaired) electrons. The van der Waals surface area contributed by atoms with Gasteiger partial charge in [-0.1, -0.05) is 17.7 Å². The lowest BCUT2D eigenvalue weighted by Crippen LogP contribution is -2.52. The molecule has 0 N–H and O–H groups in total. The molecule has 0 aliphatic carbocycles. The molecule has 1 fully saturated rings. The van der Waals surface area contributed by atoms with Crippen molar-refractivity contribution < 1.29 is 9.59 Å². The van der Waals surface area contributed by atoms with Crippen LogP contribution in [0.5, 0.6) is 0 Å². The van der Waals surface area contributed by atoms with Crippen LogP contribution in [0, 0.1) is 13.8 Å². The van der Waals surface area contributed by atoms with Crippen LogP contribution in [0.15, 0.2) is 24.3 Å². The predicted molar refractivity (Wildman–Crippen MR) is 101 cm³/mol. The Labute approximate surface area is 158 Å². The number of nitrogens with zero attached hydrogens (tertiary/aromatic N) is 4. The van der Waals surface area contributed by atoms with Gasteiger partial charge < -0.3 is 9.80 Å². The first-order chi connectivity index (χ1) is 12.4. The summed E-state index contributed by atoms with van der Waals surface area (Å²) in [5, 5.41) is 4.98. The Morgan fingerprint density at radius 2 is 2.04 bits per heavy atom. The summed E-state index contributed by atoms with van der Waals surface area (Å²) in [4.78, 5) is 28.4. The highest BCUT2D eigenvalue weighted by Gasteiger charge is 2.28. The molecule has 0 spiro atoms. The number of piperazine rings is 1. The highest BCUT2D eigenvalue weighted by atomic mass is 35.5. The summed E-state index contributed by atoms with van der Waals surface area (Å²) >= 11 is 6.01. The zero-order valence-corrected chi connectivity index (χ0v) is 16.1. The molecule has 26 heavy (non-hydrogen) atoms. The fourth-order valence-electron chi connectivity index (χ4n) is 3.37. The molecule has 2 amide bonds. The van der Waals surface area contributed by atoms with E-state index >= 15 is 0 Å². The molecule has 3 rings (SSSR count). The molecule has 0 bridgehead atoms. The van der Waals surface area contributed by atoms with E-state index in [-0.39, 0.29) is 18.4 Å². The minimum absolute atomic E-state index is 0.00625. The van der Waals surface area contributed by atoms with Gasteiger partial charge in [0.15, 0.2) is 0 Å². The maximum absolute atomic E-state index is 12.6. The first-order valence-corrected chi connectivity index (χ1v) is 9.07. The molecule has 2 heterocycles. The molecule has 1 aromatic carbocycles. The zero-order chi connectivity index (χ0) is 18.8. The van der Waals surface area contributed by atoms with Gasteiger partial charge >= 0.3 is 0 Å². The first kappa shape index (κ1) is 18.5. The van der Waals surface area contributed by atoms with Gasteiger partial charge in [-0.2, -0.15) is 5.10 Å². The minimum atomic E-state index is -0.0828. The van der Waals surface area contributed by atoms with Gasteiger partial charge in [0, 0.05) is 43.0 Å². The van der Waals surface area contributed by atoms with E-state index < -0.39 is 0 Å². The van der Waals surface area contributed by atoms with E-state index in [1.54, 1.807) is 21.9 Å². The molecule has 7 heteroatoms. The summed E-state index contributed by atoms with van der Waals surface area (Å²) in [5.41, 5.74) is 3.93. The smallest absolute Gasteiger partial charge is 0.246 e. The SMILES string of the molecule is Cc1nn(C)c(C)c1CCC(=O)N1CCN(c2cccc(Cl)c2)C(=O)C1. The molecule has 0 saturated carbocycles. The molecule has 1 aliphatic rings. The lowest BCUT2D eigenvalue weighted by Gasteiger charge is -2.34. The third-order valence-corrected chi connectivity index (χ3v) is 5.18. The highest BCUT2D eigenvalue weighted by Crippen LogP contribution is 2.22. The molecule has 1 aromatic heterocycles. The summed E-state index contributed by atoms with van der Waals surface area (Å²) in [6, 6.07) is 7.22. The minimum Gasteiger partial charge on any atom is -0.332 e. The van der Waals surface area contributed by atoms with Crippen LogP contribution in [0.1, 0.15) is 23.4 Å². The average molecular weight is 375 g/mol. The second-order valence-electron chi connectivity index (χ2n) is 6.61. The standard InChI is InChI=1S/C19H23ClN4O2/c1-13-17(14(2)22(3)21-13)7-8-18(25)23-9-10-24(19(26)12-23)16-6-4-5-15(20)11-16/h4-6,11H,7-10,12H2,1-3H3. The Morgan fingerprint density at radius 3 is 2.65 bits per heavy atom. The van der Waals surface area contributed by atoms with Crippen molar-refractivity contribution in [1.82, 2.24) is 14.7 Å². The molecule has 0 unspecified atom stereocenters. The van der Waals surface area contributed by atoms with Gasteiger partial charge in [0.2, 0.25) is 11.8 Å². The number of aryl methyl sites for hydroxylation is 2. The molecule has 1 aliphatic heterocycles. The largest absolute Gasteiger partial charge is 0.332 e. The lowest BCUT2D eigenvalue weighted by molar-refractivity contribution is -0.136. The van der Waals surface area contributed by atoms with E-state index in [4.69, 9.17) is 11.6 Å². The van der Waals surface area contributed by atoms with Crippen LogP contribution in [-0.2, 0) is 23.1 Å². The molecule has 2 aromatic rings. The van der Waals surface area contributed by atoms with Crippen molar-refractivity contribution in [3.8, 4) is 0 Å². The van der Waals surface area contributed by atoms with Crippen molar-refractivity contribution in [3.05, 3.63) is 46.2 Å². The summed E-state index contributed by atoms with van der Waals surface area (Å²) in [6.07, 6.45) is 1.03. The maximum Gasteiger partial charge on any atom is 0.246 e. The van der Waals surface area contributed by atoms with Crippen LogP contribution < -0.4 is 4.90 Å². The Hall–Kier alpha value is -2.34. The Morgan fingerprint density at radius 1 is 1.27 bits per heavy atom. The predicted octanol–water partition coefficient (Wildman–Crippen LogP) is 2.50. The Bertz CT molecular complexity index is 846. The third-order valence-electron chi connectivity index (χ3n) is 4.94. The van der Waals surface area contributed by atoms with Crippen molar-refractivity contribution in [2.45, 2.75) is 26.7 Å². The number of aromatic nitrogens is 2. The van der Waals surface area contributed by atoms with Gasteiger partial charge in [-0.05, 0) is 44.0 Å². The quantitative estimate of drug-likeness (QED) is 0.826. The number of benzene rings is 1. The van der Waals surface area contributed by atoms with Crippen molar-refractivity contribution in [2.75, 3.05) is 24.5 Å². The number of rotatable bonds is 4. The highest BCUT2D eigenvalue weighted by molar-refractivity contribution is 6.30. The monoisotopic (exact) mass is 374 g/mol. The molecule has 1 saturated heterocycles. The van der Waals surface area contributed by atoms with Gasteiger partial charge in [0.25, 0.3) is 0 Å². The fraction of sp³-hybridized carbons (Fsp3) is 0.421. The number of amides is 2. The van der Waals surface area contributed by atoms with Crippen molar-refractivity contribution >= 4 is 29.1 Å². The van der Waals surface area contributed by atoms with Gasteiger partial charge in [-0.15, -0.1) is 0 Å². The first-order valence-electron chi connectivity index (χ1n) is 8.69. The van der Waals surface area contributed by atoms with Crippen LogP contribution in [0.25, 0.3) is 0 Å². The average Bonchev–Trinajstić information content (AvgIpc) is 2.84. The van der Waals surface area contributed by atoms with Gasteiger partial charge in [-0.3, -0.25) is 14.3 Å². The molecule has 138 valence electrons. The number of hydrogen-bond acceptors (Lipinski definition) is 3. The van der Waals surface area contributed by atoms with Crippen LogP contribution in [0.2, 0.25) is 5.02 Å². The van der Waals surface area contributed by atoms with E-state index in [1.165, 1.54) is 0 Å². The number of hydrogen-bond donors (Lipinski definition) is 0. The second kappa shape index (κ2) is 7.50. The molecular weight excluding hydrogens is 352 g/mol. The number of anilines is 1. The normalized spacial score (nSPS) is 14.8. The van der Waals surface area contributed by atoms with E-state index in [0.29, 0.717) is 31.0 Å². The van der Waals surface area contributed by atoms with E-state index in [1.807, 2.05) is 37.7 Å².